The summed E-state index contributed by atoms with van der Waals surface area (Å²) in [5, 5.41) is 0. The van der Waals surface area contributed by atoms with Crippen LogP contribution in [0.25, 0.3) is 0 Å². The van der Waals surface area contributed by atoms with E-state index in [1.165, 1.54) is 0 Å². The summed E-state index contributed by atoms with van der Waals surface area (Å²) in [6.07, 6.45) is 7.54. The second kappa shape index (κ2) is 8.58. The van der Waals surface area contributed by atoms with E-state index in [1.807, 2.05) is 13.0 Å². The van der Waals surface area contributed by atoms with Crippen LogP contribution in [0.3, 0.4) is 0 Å². The van der Waals surface area contributed by atoms with Crippen molar-refractivity contribution in [1.82, 2.24) is 0 Å². The van der Waals surface area contributed by atoms with Gasteiger partial charge >= 0.3 is 0 Å². The van der Waals surface area contributed by atoms with Gasteiger partial charge in [0.1, 0.15) is 0 Å². The second-order valence-corrected chi connectivity index (χ2v) is 5.33. The molecule has 0 amide bonds. The van der Waals surface area contributed by atoms with Gasteiger partial charge in [-0.05, 0) is 24.7 Å². The Morgan fingerprint density at radius 2 is 1.73 bits per heavy atom. The van der Waals surface area contributed by atoms with Gasteiger partial charge in [-0.2, -0.15) is 0 Å². The number of allylic oxidation sites excluding steroid dienone is 4. The van der Waals surface area contributed by atoms with Gasteiger partial charge in [-0.3, -0.25) is 0 Å². The summed E-state index contributed by atoms with van der Waals surface area (Å²) in [7, 11) is 0. The largest absolute Gasteiger partial charge is 0.403 e. The molecule has 0 aromatic carbocycles. The van der Waals surface area contributed by atoms with Crippen LogP contribution in [-0.4, -0.2) is 0 Å². The van der Waals surface area contributed by atoms with Crippen molar-refractivity contribution in [2.75, 3.05) is 0 Å². The molecule has 90 valence electrons. The van der Waals surface area contributed by atoms with Crippen LogP contribution in [0, 0.1) is 11.3 Å². The second-order valence-electron chi connectivity index (χ2n) is 5.33. The minimum absolute atomic E-state index is 0.351. The third-order valence-electron chi connectivity index (χ3n) is 1.51. The van der Waals surface area contributed by atoms with Crippen LogP contribution >= 0.6 is 0 Å². The van der Waals surface area contributed by atoms with Crippen molar-refractivity contribution in [3.05, 3.63) is 23.9 Å². The molecule has 0 aliphatic carbocycles. The SMILES string of the molecule is CC(C)/C=C/C(C)(C)C.CC/C=C(/C)N. The molecule has 0 unspecified atom stereocenters. The summed E-state index contributed by atoms with van der Waals surface area (Å²) in [5.41, 5.74) is 6.53. The Morgan fingerprint density at radius 1 is 1.27 bits per heavy atom. The van der Waals surface area contributed by atoms with Crippen molar-refractivity contribution >= 4 is 0 Å². The first-order valence-electron chi connectivity index (χ1n) is 5.80. The van der Waals surface area contributed by atoms with Crippen molar-refractivity contribution in [3.8, 4) is 0 Å². The smallest absolute Gasteiger partial charge is 0.000822 e. The minimum Gasteiger partial charge on any atom is -0.403 e. The lowest BCUT2D eigenvalue weighted by molar-refractivity contribution is 0.538. The maximum atomic E-state index is 5.26. The Morgan fingerprint density at radius 3 is 1.80 bits per heavy atom. The van der Waals surface area contributed by atoms with Gasteiger partial charge in [0.25, 0.3) is 0 Å². The summed E-state index contributed by atoms with van der Waals surface area (Å²) >= 11 is 0. The predicted molar refractivity (Wildman–Crippen MR) is 71.7 cm³/mol. The van der Waals surface area contributed by atoms with Crippen LogP contribution in [-0.2, 0) is 0 Å². The van der Waals surface area contributed by atoms with Crippen molar-refractivity contribution < 1.29 is 0 Å². The zero-order valence-corrected chi connectivity index (χ0v) is 11.6. The third-order valence-corrected chi connectivity index (χ3v) is 1.51. The van der Waals surface area contributed by atoms with Crippen molar-refractivity contribution in [1.29, 1.82) is 0 Å². The summed E-state index contributed by atoms with van der Waals surface area (Å²) in [4.78, 5) is 0. The van der Waals surface area contributed by atoms with Gasteiger partial charge in [-0.1, -0.05) is 59.8 Å². The molecule has 0 bridgehead atoms. The number of rotatable bonds is 2. The molecule has 0 heterocycles. The number of nitrogens with two attached hydrogens (primary N) is 1. The van der Waals surface area contributed by atoms with Crippen LogP contribution in [0.5, 0.6) is 0 Å². The van der Waals surface area contributed by atoms with Crippen LogP contribution in [0.1, 0.15) is 54.9 Å². The Hall–Kier alpha value is -0.720. The zero-order valence-electron chi connectivity index (χ0n) is 11.6. The molecule has 0 atom stereocenters. The molecule has 0 aliphatic heterocycles. The third kappa shape index (κ3) is 24.6. The topological polar surface area (TPSA) is 26.0 Å². The van der Waals surface area contributed by atoms with E-state index in [2.05, 4.69) is 53.7 Å². The van der Waals surface area contributed by atoms with Crippen LogP contribution < -0.4 is 5.73 Å². The molecule has 0 aromatic rings. The van der Waals surface area contributed by atoms with Gasteiger partial charge in [0.05, 0.1) is 0 Å². The summed E-state index contributed by atoms with van der Waals surface area (Å²) in [6, 6.07) is 0. The van der Waals surface area contributed by atoms with Crippen LogP contribution in [0.15, 0.2) is 23.9 Å². The van der Waals surface area contributed by atoms with E-state index in [1.54, 1.807) is 0 Å². The van der Waals surface area contributed by atoms with Gasteiger partial charge in [-0.25, -0.2) is 0 Å². The molecule has 0 rings (SSSR count). The Kier molecular flexibility index (Phi) is 9.55. The molecule has 1 heteroatoms. The average molecular weight is 211 g/mol. The molecule has 0 saturated heterocycles. The van der Waals surface area contributed by atoms with Crippen molar-refractivity contribution in [2.45, 2.75) is 54.9 Å². The Balaban J connectivity index is 0. The molecule has 1 nitrogen and oxygen atoms in total. The highest BCUT2D eigenvalue weighted by Crippen LogP contribution is 2.15. The Bertz CT molecular complexity index is 188. The fourth-order valence-corrected chi connectivity index (χ4v) is 0.803. The highest BCUT2D eigenvalue weighted by Gasteiger charge is 2.02. The fourth-order valence-electron chi connectivity index (χ4n) is 0.803. The van der Waals surface area contributed by atoms with Gasteiger partial charge < -0.3 is 5.73 Å². The Labute approximate surface area is 96.5 Å². The molecule has 2 N–H and O–H groups in total. The first kappa shape index (κ1) is 16.7. The van der Waals surface area contributed by atoms with E-state index in [0.717, 1.165) is 12.1 Å². The molecule has 0 fully saturated rings. The lowest BCUT2D eigenvalue weighted by atomic mass is 9.95. The molecule has 0 aromatic heterocycles. The minimum atomic E-state index is 0.351. The summed E-state index contributed by atoms with van der Waals surface area (Å²) in [6.45, 7) is 15.0. The quantitative estimate of drug-likeness (QED) is 0.668. The normalized spacial score (nSPS) is 12.9. The van der Waals surface area contributed by atoms with E-state index in [4.69, 9.17) is 5.73 Å². The first-order chi connectivity index (χ1) is 6.69. The van der Waals surface area contributed by atoms with Crippen molar-refractivity contribution in [3.63, 3.8) is 0 Å². The van der Waals surface area contributed by atoms with Crippen molar-refractivity contribution in [2.24, 2.45) is 17.1 Å². The molecule has 0 radical (unpaired) electrons. The first-order valence-corrected chi connectivity index (χ1v) is 5.80. The highest BCUT2D eigenvalue weighted by atomic mass is 14.5. The molecule has 0 saturated carbocycles. The van der Waals surface area contributed by atoms with E-state index >= 15 is 0 Å². The fraction of sp³-hybridized carbons (Fsp3) is 0.714. The predicted octanol–water partition coefficient (Wildman–Crippen LogP) is 4.50. The number of hydrogen-bond donors (Lipinski definition) is 1. The average Bonchev–Trinajstić information content (AvgIpc) is 2.00. The van der Waals surface area contributed by atoms with Gasteiger partial charge in [0, 0.05) is 5.70 Å². The molecular weight excluding hydrogens is 182 g/mol. The molecule has 15 heavy (non-hydrogen) atoms. The maximum absolute atomic E-state index is 5.26. The van der Waals surface area contributed by atoms with Crippen LogP contribution in [0.4, 0.5) is 0 Å². The van der Waals surface area contributed by atoms with Gasteiger partial charge in [-0.15, -0.1) is 0 Å². The van der Waals surface area contributed by atoms with E-state index in [9.17, 15) is 0 Å². The zero-order chi connectivity index (χ0) is 12.5. The van der Waals surface area contributed by atoms with Crippen LogP contribution in [0.2, 0.25) is 0 Å². The van der Waals surface area contributed by atoms with Gasteiger partial charge in [0.2, 0.25) is 0 Å². The highest BCUT2D eigenvalue weighted by molar-refractivity contribution is 4.93. The lowest BCUT2D eigenvalue weighted by Crippen LogP contribution is -1.99. The monoisotopic (exact) mass is 211 g/mol. The molecule has 0 aliphatic rings. The lowest BCUT2D eigenvalue weighted by Gasteiger charge is -2.11. The number of hydrogen-bond acceptors (Lipinski definition) is 1. The standard InChI is InChI=1S/C9H18.C5H11N/c1-8(2)6-7-9(3,4)5;1-3-4-5(2)6/h6-8H,1-5H3;4H,3,6H2,1-2H3/b7-6+;5-4-. The van der Waals surface area contributed by atoms with E-state index in [-0.39, 0.29) is 0 Å². The van der Waals surface area contributed by atoms with E-state index < -0.39 is 0 Å². The molecule has 0 spiro atoms. The summed E-state index contributed by atoms with van der Waals surface area (Å²) < 4.78 is 0. The van der Waals surface area contributed by atoms with Gasteiger partial charge in [0.15, 0.2) is 0 Å². The molecular formula is C14H29N. The van der Waals surface area contributed by atoms with E-state index in [0.29, 0.717) is 11.3 Å². The summed E-state index contributed by atoms with van der Waals surface area (Å²) in [5.74, 6) is 0.684. The maximum Gasteiger partial charge on any atom is 0.000822 e.